The van der Waals surface area contributed by atoms with Gasteiger partial charge in [0.15, 0.2) is 5.65 Å². The zero-order valence-electron chi connectivity index (χ0n) is 16.8. The summed E-state index contributed by atoms with van der Waals surface area (Å²) in [6.45, 7) is 8.57. The van der Waals surface area contributed by atoms with Crippen LogP contribution in [0.4, 0.5) is 17.6 Å². The molecule has 29 heavy (non-hydrogen) atoms. The topological polar surface area (TPSA) is 88.3 Å². The SMILES string of the molecule is Cc1nc(N2CCN(c3ccnc(N4CCOCC4)n3)CC2)c2cnn(C)c2n1. The van der Waals surface area contributed by atoms with Crippen molar-refractivity contribution in [3.05, 3.63) is 24.3 Å². The molecule has 0 aliphatic carbocycles. The van der Waals surface area contributed by atoms with Gasteiger partial charge in [-0.25, -0.2) is 15.0 Å². The molecule has 0 radical (unpaired) electrons. The fourth-order valence-electron chi connectivity index (χ4n) is 3.93. The van der Waals surface area contributed by atoms with Gasteiger partial charge in [0.2, 0.25) is 5.95 Å². The lowest BCUT2D eigenvalue weighted by Crippen LogP contribution is -2.47. The maximum absolute atomic E-state index is 5.43. The van der Waals surface area contributed by atoms with Crippen molar-refractivity contribution >= 4 is 28.6 Å². The van der Waals surface area contributed by atoms with Gasteiger partial charge in [-0.1, -0.05) is 0 Å². The largest absolute Gasteiger partial charge is 0.378 e. The van der Waals surface area contributed by atoms with Gasteiger partial charge in [0.1, 0.15) is 17.5 Å². The third-order valence-electron chi connectivity index (χ3n) is 5.51. The molecule has 0 unspecified atom stereocenters. The summed E-state index contributed by atoms with van der Waals surface area (Å²) in [4.78, 5) is 25.3. The first kappa shape index (κ1) is 18.0. The highest BCUT2D eigenvalue weighted by Gasteiger charge is 2.23. The molecule has 2 aliphatic rings. The van der Waals surface area contributed by atoms with E-state index in [-0.39, 0.29) is 0 Å². The number of piperazine rings is 1. The molecule has 0 spiro atoms. The third kappa shape index (κ3) is 3.44. The molecule has 10 heteroatoms. The van der Waals surface area contributed by atoms with E-state index in [4.69, 9.17) is 14.7 Å². The number of hydrogen-bond donors (Lipinski definition) is 0. The monoisotopic (exact) mass is 395 g/mol. The number of anilines is 3. The van der Waals surface area contributed by atoms with Crippen LogP contribution in [-0.2, 0) is 11.8 Å². The number of morpholine rings is 1. The number of ether oxygens (including phenoxy) is 1. The molecule has 3 aromatic rings. The van der Waals surface area contributed by atoms with Gasteiger partial charge in [0.05, 0.1) is 24.8 Å². The Kier molecular flexibility index (Phi) is 4.62. The summed E-state index contributed by atoms with van der Waals surface area (Å²) in [7, 11) is 1.91. The van der Waals surface area contributed by atoms with Gasteiger partial charge in [0.25, 0.3) is 0 Å². The molecule has 152 valence electrons. The second kappa shape index (κ2) is 7.43. The molecule has 0 N–H and O–H groups in total. The third-order valence-corrected chi connectivity index (χ3v) is 5.51. The van der Waals surface area contributed by atoms with Gasteiger partial charge < -0.3 is 19.4 Å². The lowest BCUT2D eigenvalue weighted by molar-refractivity contribution is 0.122. The van der Waals surface area contributed by atoms with Gasteiger partial charge in [-0.2, -0.15) is 10.1 Å². The van der Waals surface area contributed by atoms with Gasteiger partial charge in [-0.05, 0) is 13.0 Å². The van der Waals surface area contributed by atoms with Crippen LogP contribution in [0, 0.1) is 6.92 Å². The van der Waals surface area contributed by atoms with Crippen molar-refractivity contribution in [2.75, 3.05) is 67.2 Å². The molecule has 2 saturated heterocycles. The molecule has 0 atom stereocenters. The molecule has 0 amide bonds. The van der Waals surface area contributed by atoms with Crippen LogP contribution in [-0.4, -0.2) is 82.2 Å². The van der Waals surface area contributed by atoms with Crippen LogP contribution >= 0.6 is 0 Å². The average Bonchev–Trinajstić information content (AvgIpc) is 3.14. The Hall–Kier alpha value is -3.01. The number of aromatic nitrogens is 6. The maximum Gasteiger partial charge on any atom is 0.227 e. The number of aryl methyl sites for hydroxylation is 2. The fourth-order valence-corrected chi connectivity index (χ4v) is 3.93. The van der Waals surface area contributed by atoms with Crippen LogP contribution in [0.15, 0.2) is 18.5 Å². The smallest absolute Gasteiger partial charge is 0.227 e. The van der Waals surface area contributed by atoms with Crippen molar-refractivity contribution in [1.29, 1.82) is 0 Å². The normalized spacial score (nSPS) is 17.9. The highest BCUT2D eigenvalue weighted by molar-refractivity contribution is 5.87. The maximum atomic E-state index is 5.43. The zero-order chi connectivity index (χ0) is 19.8. The molecule has 0 aromatic carbocycles. The van der Waals surface area contributed by atoms with Crippen LogP contribution in [0.1, 0.15) is 5.82 Å². The van der Waals surface area contributed by atoms with Crippen molar-refractivity contribution in [3.63, 3.8) is 0 Å². The lowest BCUT2D eigenvalue weighted by atomic mass is 10.2. The van der Waals surface area contributed by atoms with E-state index >= 15 is 0 Å². The Balaban J connectivity index is 1.32. The molecular formula is C19H25N9O. The van der Waals surface area contributed by atoms with E-state index in [1.54, 1.807) is 4.68 Å². The van der Waals surface area contributed by atoms with E-state index in [0.29, 0.717) is 0 Å². The van der Waals surface area contributed by atoms with E-state index in [0.717, 1.165) is 86.9 Å². The Bertz CT molecular complexity index is 1010. The number of fused-ring (bicyclic) bond motifs is 1. The van der Waals surface area contributed by atoms with E-state index in [2.05, 4.69) is 29.8 Å². The van der Waals surface area contributed by atoms with E-state index < -0.39 is 0 Å². The van der Waals surface area contributed by atoms with Crippen molar-refractivity contribution in [2.24, 2.45) is 7.05 Å². The highest BCUT2D eigenvalue weighted by Crippen LogP contribution is 2.25. The molecule has 2 fully saturated rings. The summed E-state index contributed by atoms with van der Waals surface area (Å²) >= 11 is 0. The summed E-state index contributed by atoms with van der Waals surface area (Å²) in [5, 5.41) is 5.36. The van der Waals surface area contributed by atoms with Crippen LogP contribution < -0.4 is 14.7 Å². The second-order valence-corrected chi connectivity index (χ2v) is 7.39. The summed E-state index contributed by atoms with van der Waals surface area (Å²) in [5.74, 6) is 3.50. The molecule has 3 aromatic heterocycles. The first-order valence-electron chi connectivity index (χ1n) is 10.0. The molecule has 10 nitrogen and oxygen atoms in total. The number of rotatable bonds is 3. The Morgan fingerprint density at radius 1 is 0.897 bits per heavy atom. The summed E-state index contributed by atoms with van der Waals surface area (Å²) < 4.78 is 7.24. The van der Waals surface area contributed by atoms with Crippen molar-refractivity contribution in [2.45, 2.75) is 6.92 Å². The molecule has 5 heterocycles. The molecule has 5 rings (SSSR count). The molecule has 0 saturated carbocycles. The van der Waals surface area contributed by atoms with Gasteiger partial charge in [-0.3, -0.25) is 4.68 Å². The summed E-state index contributed by atoms with van der Waals surface area (Å²) in [5.41, 5.74) is 0.876. The highest BCUT2D eigenvalue weighted by atomic mass is 16.5. The van der Waals surface area contributed by atoms with E-state index in [1.165, 1.54) is 0 Å². The lowest BCUT2D eigenvalue weighted by Gasteiger charge is -2.36. The van der Waals surface area contributed by atoms with E-state index in [9.17, 15) is 0 Å². The van der Waals surface area contributed by atoms with Gasteiger partial charge in [0, 0.05) is 52.5 Å². The number of nitrogens with zero attached hydrogens (tertiary/aromatic N) is 9. The van der Waals surface area contributed by atoms with Crippen LogP contribution in [0.5, 0.6) is 0 Å². The first-order chi connectivity index (χ1) is 14.2. The van der Waals surface area contributed by atoms with Crippen LogP contribution in [0.25, 0.3) is 11.0 Å². The first-order valence-corrected chi connectivity index (χ1v) is 10.0. The van der Waals surface area contributed by atoms with Crippen molar-refractivity contribution in [1.82, 2.24) is 29.7 Å². The standard InChI is InChI=1S/C19H25N9O/c1-14-22-17-15(13-21-25(17)2)18(23-14)27-7-5-26(6-8-27)16-3-4-20-19(24-16)28-9-11-29-12-10-28/h3-4,13H,5-12H2,1-2H3. The summed E-state index contributed by atoms with van der Waals surface area (Å²) in [6.07, 6.45) is 3.71. The summed E-state index contributed by atoms with van der Waals surface area (Å²) in [6, 6.07) is 1.99. The van der Waals surface area contributed by atoms with Crippen LogP contribution in [0.2, 0.25) is 0 Å². The minimum atomic E-state index is 0.730. The Labute approximate surface area is 169 Å². The molecule has 0 bridgehead atoms. The van der Waals surface area contributed by atoms with Crippen LogP contribution in [0.3, 0.4) is 0 Å². The number of hydrogen-bond acceptors (Lipinski definition) is 9. The van der Waals surface area contributed by atoms with Crippen molar-refractivity contribution in [3.8, 4) is 0 Å². The zero-order valence-corrected chi connectivity index (χ0v) is 16.8. The molecule has 2 aliphatic heterocycles. The van der Waals surface area contributed by atoms with Crippen molar-refractivity contribution < 1.29 is 4.74 Å². The van der Waals surface area contributed by atoms with Gasteiger partial charge in [-0.15, -0.1) is 0 Å². The van der Waals surface area contributed by atoms with E-state index in [1.807, 2.05) is 32.4 Å². The average molecular weight is 395 g/mol. The quantitative estimate of drug-likeness (QED) is 0.633. The minimum Gasteiger partial charge on any atom is -0.378 e. The Morgan fingerprint density at radius 3 is 2.45 bits per heavy atom. The second-order valence-electron chi connectivity index (χ2n) is 7.39. The fraction of sp³-hybridized carbons (Fsp3) is 0.526. The molecular weight excluding hydrogens is 370 g/mol. The predicted molar refractivity (Wildman–Crippen MR) is 111 cm³/mol. The Morgan fingerprint density at radius 2 is 1.66 bits per heavy atom. The minimum absolute atomic E-state index is 0.730. The van der Waals surface area contributed by atoms with Gasteiger partial charge >= 0.3 is 0 Å². The predicted octanol–water partition coefficient (Wildman–Crippen LogP) is 0.625.